The standard InChI is InChI=1S/C11H13BrN2O2/c12-9-1-2-10(13-5-9)11(16)14-4-3-8(6-14)7-15/h1-2,5,8,15H,3-4,6-7H2. The number of amides is 1. The van der Waals surface area contributed by atoms with Crippen LogP contribution in [-0.2, 0) is 0 Å². The Kier molecular flexibility index (Phi) is 3.56. The number of aliphatic hydroxyl groups is 1. The second-order valence-corrected chi connectivity index (χ2v) is 4.87. The lowest BCUT2D eigenvalue weighted by atomic mass is 10.1. The first-order valence-corrected chi connectivity index (χ1v) is 6.01. The lowest BCUT2D eigenvalue weighted by Crippen LogP contribution is -2.29. The molecule has 1 amide bonds. The highest BCUT2D eigenvalue weighted by Crippen LogP contribution is 2.18. The molecule has 0 spiro atoms. The Morgan fingerprint density at radius 2 is 2.44 bits per heavy atom. The first kappa shape index (κ1) is 11.5. The van der Waals surface area contributed by atoms with Crippen LogP contribution in [0.5, 0.6) is 0 Å². The van der Waals surface area contributed by atoms with E-state index in [1.807, 2.05) is 0 Å². The number of aliphatic hydroxyl groups excluding tert-OH is 1. The van der Waals surface area contributed by atoms with Crippen molar-refractivity contribution in [3.63, 3.8) is 0 Å². The van der Waals surface area contributed by atoms with Gasteiger partial charge in [0.2, 0.25) is 0 Å². The van der Waals surface area contributed by atoms with Gasteiger partial charge in [-0.05, 0) is 34.5 Å². The molecule has 1 aromatic rings. The van der Waals surface area contributed by atoms with E-state index in [0.717, 1.165) is 10.9 Å². The van der Waals surface area contributed by atoms with E-state index in [9.17, 15) is 4.79 Å². The van der Waals surface area contributed by atoms with E-state index in [4.69, 9.17) is 5.11 Å². The third-order valence-corrected chi connectivity index (χ3v) is 3.25. The molecule has 0 saturated carbocycles. The Labute approximate surface area is 102 Å². The molecule has 2 rings (SSSR count). The predicted octanol–water partition coefficient (Wildman–Crippen LogP) is 1.30. The van der Waals surface area contributed by atoms with E-state index in [2.05, 4.69) is 20.9 Å². The van der Waals surface area contributed by atoms with Gasteiger partial charge in [-0.15, -0.1) is 0 Å². The van der Waals surface area contributed by atoms with Gasteiger partial charge in [-0.2, -0.15) is 0 Å². The summed E-state index contributed by atoms with van der Waals surface area (Å²) in [6, 6.07) is 3.51. The van der Waals surface area contributed by atoms with E-state index >= 15 is 0 Å². The minimum atomic E-state index is -0.0524. The highest BCUT2D eigenvalue weighted by molar-refractivity contribution is 9.10. The van der Waals surface area contributed by atoms with Gasteiger partial charge in [-0.25, -0.2) is 4.98 Å². The van der Waals surface area contributed by atoms with Gasteiger partial charge < -0.3 is 10.0 Å². The van der Waals surface area contributed by atoms with Gasteiger partial charge in [0, 0.05) is 36.3 Å². The zero-order valence-corrected chi connectivity index (χ0v) is 10.4. The van der Waals surface area contributed by atoms with Gasteiger partial charge >= 0.3 is 0 Å². The van der Waals surface area contributed by atoms with Crippen LogP contribution in [0.15, 0.2) is 22.8 Å². The van der Waals surface area contributed by atoms with E-state index in [1.54, 1.807) is 23.2 Å². The zero-order chi connectivity index (χ0) is 11.5. The third-order valence-electron chi connectivity index (χ3n) is 2.78. The van der Waals surface area contributed by atoms with Gasteiger partial charge in [0.25, 0.3) is 5.91 Å². The zero-order valence-electron chi connectivity index (χ0n) is 8.77. The third kappa shape index (κ3) is 2.41. The fourth-order valence-corrected chi connectivity index (χ4v) is 2.07. The fourth-order valence-electron chi connectivity index (χ4n) is 1.83. The van der Waals surface area contributed by atoms with Gasteiger partial charge in [-0.1, -0.05) is 0 Å². The highest BCUT2D eigenvalue weighted by Gasteiger charge is 2.26. The molecule has 4 nitrogen and oxygen atoms in total. The first-order valence-electron chi connectivity index (χ1n) is 5.22. The molecule has 0 bridgehead atoms. The summed E-state index contributed by atoms with van der Waals surface area (Å²) in [7, 11) is 0. The number of nitrogens with zero attached hydrogens (tertiary/aromatic N) is 2. The SMILES string of the molecule is O=C(c1ccc(Br)cn1)N1CCC(CO)C1. The van der Waals surface area contributed by atoms with Crippen LogP contribution in [0.2, 0.25) is 0 Å². The predicted molar refractivity (Wildman–Crippen MR) is 63.0 cm³/mol. The molecule has 0 radical (unpaired) electrons. The summed E-state index contributed by atoms with van der Waals surface area (Å²) in [6.07, 6.45) is 2.49. The van der Waals surface area contributed by atoms with Gasteiger partial charge in [0.05, 0.1) is 0 Å². The smallest absolute Gasteiger partial charge is 0.272 e. The van der Waals surface area contributed by atoms with E-state index < -0.39 is 0 Å². The molecule has 0 aliphatic carbocycles. The summed E-state index contributed by atoms with van der Waals surface area (Å²) in [6.45, 7) is 1.49. The van der Waals surface area contributed by atoms with Gasteiger partial charge in [0.15, 0.2) is 0 Å². The molecule has 1 aliphatic rings. The number of carbonyl (C=O) groups excluding carboxylic acids is 1. The average molecular weight is 285 g/mol. The Morgan fingerprint density at radius 1 is 1.62 bits per heavy atom. The summed E-state index contributed by atoms with van der Waals surface area (Å²) in [5.41, 5.74) is 0.460. The van der Waals surface area contributed by atoms with E-state index in [1.165, 1.54) is 0 Å². The number of rotatable bonds is 2. The first-order chi connectivity index (χ1) is 7.70. The van der Waals surface area contributed by atoms with Crippen molar-refractivity contribution in [1.29, 1.82) is 0 Å². The molecule has 5 heteroatoms. The van der Waals surface area contributed by atoms with Crippen LogP contribution in [-0.4, -0.2) is 40.6 Å². The number of hydrogen-bond acceptors (Lipinski definition) is 3. The van der Waals surface area contributed by atoms with Crippen LogP contribution in [0.4, 0.5) is 0 Å². The van der Waals surface area contributed by atoms with Crippen molar-refractivity contribution in [2.24, 2.45) is 5.92 Å². The molecule has 1 aliphatic heterocycles. The van der Waals surface area contributed by atoms with Crippen molar-refractivity contribution >= 4 is 21.8 Å². The summed E-state index contributed by atoms with van der Waals surface area (Å²) in [5.74, 6) is 0.169. The normalized spacial score (nSPS) is 20.1. The Hall–Kier alpha value is -0.940. The van der Waals surface area contributed by atoms with Gasteiger partial charge in [-0.3, -0.25) is 4.79 Å². The topological polar surface area (TPSA) is 53.4 Å². The number of pyridine rings is 1. The molecule has 1 unspecified atom stereocenters. The number of carbonyl (C=O) groups is 1. The van der Waals surface area contributed by atoms with Crippen molar-refractivity contribution < 1.29 is 9.90 Å². The minimum Gasteiger partial charge on any atom is -0.396 e. The van der Waals surface area contributed by atoms with Crippen LogP contribution in [0.3, 0.4) is 0 Å². The molecule has 0 aromatic carbocycles. The molecular formula is C11H13BrN2O2. The second-order valence-electron chi connectivity index (χ2n) is 3.95. The van der Waals surface area contributed by atoms with Gasteiger partial charge in [0.1, 0.15) is 5.69 Å². The summed E-state index contributed by atoms with van der Waals surface area (Å²) in [5, 5.41) is 9.01. The number of likely N-dealkylation sites (tertiary alicyclic amines) is 1. The van der Waals surface area contributed by atoms with Crippen LogP contribution in [0, 0.1) is 5.92 Å². The van der Waals surface area contributed by atoms with Crippen molar-refractivity contribution in [2.75, 3.05) is 19.7 Å². The molecule has 2 heterocycles. The molecule has 1 saturated heterocycles. The minimum absolute atomic E-state index is 0.0524. The van der Waals surface area contributed by atoms with Crippen molar-refractivity contribution in [3.05, 3.63) is 28.5 Å². The quantitative estimate of drug-likeness (QED) is 0.891. The maximum atomic E-state index is 12.0. The fraction of sp³-hybridized carbons (Fsp3) is 0.455. The van der Waals surface area contributed by atoms with Crippen LogP contribution in [0.25, 0.3) is 0 Å². The van der Waals surface area contributed by atoms with Crippen LogP contribution in [0.1, 0.15) is 16.9 Å². The molecule has 16 heavy (non-hydrogen) atoms. The number of aromatic nitrogens is 1. The molecule has 1 aromatic heterocycles. The molecule has 1 atom stereocenters. The molecular weight excluding hydrogens is 272 g/mol. The second kappa shape index (κ2) is 4.93. The van der Waals surface area contributed by atoms with E-state index in [-0.39, 0.29) is 18.4 Å². The summed E-state index contributed by atoms with van der Waals surface area (Å²) >= 11 is 3.28. The Morgan fingerprint density at radius 3 is 3.00 bits per heavy atom. The van der Waals surface area contributed by atoms with E-state index in [0.29, 0.717) is 18.8 Å². The lowest BCUT2D eigenvalue weighted by molar-refractivity contribution is 0.0776. The highest BCUT2D eigenvalue weighted by atomic mass is 79.9. The van der Waals surface area contributed by atoms with Crippen LogP contribution >= 0.6 is 15.9 Å². The van der Waals surface area contributed by atoms with Crippen molar-refractivity contribution in [2.45, 2.75) is 6.42 Å². The molecule has 1 fully saturated rings. The number of halogens is 1. The number of hydrogen-bond donors (Lipinski definition) is 1. The van der Waals surface area contributed by atoms with Crippen molar-refractivity contribution in [1.82, 2.24) is 9.88 Å². The lowest BCUT2D eigenvalue weighted by Gasteiger charge is -2.15. The molecule has 86 valence electrons. The maximum absolute atomic E-state index is 12.0. The van der Waals surface area contributed by atoms with Crippen molar-refractivity contribution in [3.8, 4) is 0 Å². The summed E-state index contributed by atoms with van der Waals surface area (Å²) < 4.78 is 0.860. The molecule has 1 N–H and O–H groups in total. The van der Waals surface area contributed by atoms with Crippen LogP contribution < -0.4 is 0 Å². The largest absolute Gasteiger partial charge is 0.396 e. The monoisotopic (exact) mass is 284 g/mol. The summed E-state index contributed by atoms with van der Waals surface area (Å²) in [4.78, 5) is 17.8. The average Bonchev–Trinajstić information content (AvgIpc) is 2.77. The Bertz CT molecular complexity index is 380. The Balaban J connectivity index is 2.05. The maximum Gasteiger partial charge on any atom is 0.272 e.